The van der Waals surface area contributed by atoms with Gasteiger partial charge in [-0.2, -0.15) is 0 Å². The molecule has 188 valence electrons. The fourth-order valence-electron chi connectivity index (χ4n) is 5.42. The number of methoxy groups -OCH3 is 1. The molecule has 8 nitrogen and oxygen atoms in total. The molecule has 3 aliphatic rings. The Labute approximate surface area is 214 Å². The molecule has 3 amide bonds. The van der Waals surface area contributed by atoms with Gasteiger partial charge in [0, 0.05) is 34.2 Å². The normalized spacial score (nSPS) is 24.7. The van der Waals surface area contributed by atoms with E-state index in [1.54, 1.807) is 25.3 Å². The average Bonchev–Trinajstić information content (AvgIpc) is 2.81. The number of carbonyl (C=O) groups is 3. The van der Waals surface area contributed by atoms with Crippen LogP contribution >= 0.6 is 11.6 Å². The topological polar surface area (TPSA) is 106 Å². The van der Waals surface area contributed by atoms with E-state index >= 15 is 0 Å². The Kier molecular flexibility index (Phi) is 6.16. The largest absolute Gasteiger partial charge is 0.493 e. The molecule has 5 rings (SSSR count). The van der Waals surface area contributed by atoms with Crippen molar-refractivity contribution in [2.24, 2.45) is 11.3 Å². The Balaban J connectivity index is 1.53. The van der Waals surface area contributed by atoms with Gasteiger partial charge in [0.05, 0.1) is 13.0 Å². The number of imide groups is 1. The van der Waals surface area contributed by atoms with E-state index in [1.165, 1.54) is 0 Å². The van der Waals surface area contributed by atoms with Crippen molar-refractivity contribution in [3.63, 3.8) is 0 Å². The predicted molar refractivity (Wildman–Crippen MR) is 134 cm³/mol. The van der Waals surface area contributed by atoms with Crippen LogP contribution in [0.15, 0.2) is 53.7 Å². The lowest BCUT2D eigenvalue weighted by atomic mass is 9.66. The van der Waals surface area contributed by atoms with Gasteiger partial charge >= 0.3 is 6.03 Å². The number of hydrogen-bond acceptors (Lipinski definition) is 6. The molecule has 2 aromatic carbocycles. The van der Waals surface area contributed by atoms with Gasteiger partial charge < -0.3 is 20.1 Å². The van der Waals surface area contributed by atoms with Crippen molar-refractivity contribution in [1.82, 2.24) is 16.0 Å². The molecule has 0 aromatic heterocycles. The van der Waals surface area contributed by atoms with E-state index in [4.69, 9.17) is 21.1 Å². The van der Waals surface area contributed by atoms with Crippen molar-refractivity contribution < 1.29 is 23.9 Å². The molecule has 0 radical (unpaired) electrons. The van der Waals surface area contributed by atoms with Crippen molar-refractivity contribution in [2.75, 3.05) is 7.11 Å². The number of ether oxygens (including phenoxy) is 2. The highest BCUT2D eigenvalue weighted by Crippen LogP contribution is 2.48. The molecular formula is C27H28ClN3O5. The number of hydrogen-bond donors (Lipinski definition) is 3. The molecule has 2 heterocycles. The third kappa shape index (κ3) is 4.41. The molecule has 1 saturated heterocycles. The minimum atomic E-state index is -0.703. The lowest BCUT2D eigenvalue weighted by Gasteiger charge is -2.46. The van der Waals surface area contributed by atoms with E-state index in [0.29, 0.717) is 34.9 Å². The Hall–Kier alpha value is -3.52. The number of amides is 3. The second-order valence-corrected chi connectivity index (χ2v) is 10.6. The predicted octanol–water partition coefficient (Wildman–Crippen LogP) is 4.04. The highest BCUT2D eigenvalue weighted by atomic mass is 35.5. The number of carbonyl (C=O) groups excluding carboxylic acids is 3. The van der Waals surface area contributed by atoms with Crippen LogP contribution in [0.25, 0.3) is 0 Å². The Bertz CT molecular complexity index is 1290. The fourth-order valence-corrected chi connectivity index (χ4v) is 5.61. The van der Waals surface area contributed by atoms with Crippen LogP contribution in [0.1, 0.15) is 43.7 Å². The maximum absolute atomic E-state index is 13.4. The van der Waals surface area contributed by atoms with Crippen molar-refractivity contribution >= 4 is 29.3 Å². The lowest BCUT2D eigenvalue weighted by molar-refractivity contribution is -0.127. The van der Waals surface area contributed by atoms with E-state index in [1.807, 2.05) is 38.1 Å². The van der Waals surface area contributed by atoms with Gasteiger partial charge in [-0.3, -0.25) is 14.9 Å². The van der Waals surface area contributed by atoms with Crippen LogP contribution in [-0.4, -0.2) is 31.0 Å². The highest BCUT2D eigenvalue weighted by Gasteiger charge is 2.51. The summed E-state index contributed by atoms with van der Waals surface area (Å²) in [6, 6.07) is 12.3. The Morgan fingerprint density at radius 2 is 1.81 bits per heavy atom. The van der Waals surface area contributed by atoms with Gasteiger partial charge in [-0.15, -0.1) is 0 Å². The smallest absolute Gasteiger partial charge is 0.323 e. The maximum atomic E-state index is 13.4. The van der Waals surface area contributed by atoms with E-state index in [9.17, 15) is 14.4 Å². The summed E-state index contributed by atoms with van der Waals surface area (Å²) in [4.78, 5) is 38.5. The zero-order valence-electron chi connectivity index (χ0n) is 20.3. The van der Waals surface area contributed by atoms with Crippen LogP contribution < -0.4 is 25.4 Å². The van der Waals surface area contributed by atoms with Crippen LogP contribution in [0.3, 0.4) is 0 Å². The molecule has 3 unspecified atom stereocenters. The van der Waals surface area contributed by atoms with E-state index < -0.39 is 29.9 Å². The SMILES string of the molecule is COc1cc(C2C3=C(CC(C)(C)CC3=O)NC3NC(=O)NC(=O)C32)ccc1OCc1ccccc1Cl. The highest BCUT2D eigenvalue weighted by molar-refractivity contribution is 6.31. The second kappa shape index (κ2) is 9.17. The van der Waals surface area contributed by atoms with Gasteiger partial charge in [0.2, 0.25) is 5.91 Å². The van der Waals surface area contributed by atoms with Crippen molar-refractivity contribution in [1.29, 1.82) is 0 Å². The number of allylic oxidation sites excluding steroid dienone is 2. The Morgan fingerprint density at radius 3 is 2.56 bits per heavy atom. The quantitative estimate of drug-likeness (QED) is 0.562. The van der Waals surface area contributed by atoms with Crippen LogP contribution in [-0.2, 0) is 16.2 Å². The molecule has 2 aliphatic heterocycles. The maximum Gasteiger partial charge on any atom is 0.323 e. The van der Waals surface area contributed by atoms with Gasteiger partial charge in [-0.1, -0.05) is 49.7 Å². The minimum Gasteiger partial charge on any atom is -0.493 e. The molecule has 3 atom stereocenters. The third-order valence-electron chi connectivity index (χ3n) is 6.99. The lowest BCUT2D eigenvalue weighted by Crippen LogP contribution is -2.66. The summed E-state index contributed by atoms with van der Waals surface area (Å²) in [5.74, 6) is -0.699. The molecular weight excluding hydrogens is 482 g/mol. The van der Waals surface area contributed by atoms with Gasteiger partial charge in [0.1, 0.15) is 12.8 Å². The number of halogens is 1. The van der Waals surface area contributed by atoms with E-state index in [0.717, 1.165) is 16.8 Å². The number of nitrogens with one attached hydrogen (secondary N) is 3. The summed E-state index contributed by atoms with van der Waals surface area (Å²) < 4.78 is 11.6. The van der Waals surface area contributed by atoms with Gasteiger partial charge in [-0.05, 0) is 35.6 Å². The van der Waals surface area contributed by atoms with Crippen molar-refractivity contribution in [3.05, 3.63) is 69.9 Å². The molecule has 2 aromatic rings. The summed E-state index contributed by atoms with van der Waals surface area (Å²) in [7, 11) is 1.54. The van der Waals surface area contributed by atoms with Gasteiger partial charge in [0.25, 0.3) is 0 Å². The van der Waals surface area contributed by atoms with E-state index in [-0.39, 0.29) is 17.8 Å². The molecule has 1 fully saturated rings. The molecule has 0 saturated carbocycles. The zero-order valence-corrected chi connectivity index (χ0v) is 21.1. The molecule has 0 spiro atoms. The molecule has 3 N–H and O–H groups in total. The molecule has 0 bridgehead atoms. The number of ketones is 1. The van der Waals surface area contributed by atoms with E-state index in [2.05, 4.69) is 16.0 Å². The number of benzene rings is 2. The standard InChI is InChI=1S/C27H28ClN3O5/c1-27(2)11-17-22(18(32)12-27)21(23-24(29-17)30-26(34)31-25(23)33)14-8-9-19(20(10-14)35-3)36-13-15-6-4-5-7-16(15)28/h4-10,21,23-24,29H,11-13H2,1-3H3,(H2,30,31,33,34). The molecule has 1 aliphatic carbocycles. The first-order valence-corrected chi connectivity index (χ1v) is 12.2. The van der Waals surface area contributed by atoms with Crippen LogP contribution in [0.4, 0.5) is 4.79 Å². The minimum absolute atomic E-state index is 0.0000807. The number of urea groups is 1. The van der Waals surface area contributed by atoms with Crippen molar-refractivity contribution in [2.45, 2.75) is 45.4 Å². The first-order valence-electron chi connectivity index (χ1n) is 11.8. The number of Topliss-reactive ketones (excluding diaryl/α,β-unsaturated/α-hetero) is 1. The van der Waals surface area contributed by atoms with Crippen LogP contribution in [0, 0.1) is 11.3 Å². The van der Waals surface area contributed by atoms with Crippen LogP contribution in [0.2, 0.25) is 5.02 Å². The van der Waals surface area contributed by atoms with Gasteiger partial charge in [0.15, 0.2) is 17.3 Å². The summed E-state index contributed by atoms with van der Waals surface area (Å²) in [5, 5.41) is 9.06. The number of rotatable bonds is 5. The zero-order chi connectivity index (χ0) is 25.6. The molecule has 9 heteroatoms. The average molecular weight is 510 g/mol. The Morgan fingerprint density at radius 1 is 1.03 bits per heavy atom. The fraction of sp³-hybridized carbons (Fsp3) is 0.370. The van der Waals surface area contributed by atoms with Crippen LogP contribution in [0.5, 0.6) is 11.5 Å². The van der Waals surface area contributed by atoms with Crippen molar-refractivity contribution in [3.8, 4) is 11.5 Å². The molecule has 36 heavy (non-hydrogen) atoms. The summed E-state index contributed by atoms with van der Waals surface area (Å²) in [6.07, 6.45) is 0.395. The summed E-state index contributed by atoms with van der Waals surface area (Å²) in [5.41, 5.74) is 2.71. The summed E-state index contributed by atoms with van der Waals surface area (Å²) >= 11 is 6.26. The monoisotopic (exact) mass is 509 g/mol. The van der Waals surface area contributed by atoms with Gasteiger partial charge in [-0.25, -0.2) is 4.79 Å². The third-order valence-corrected chi connectivity index (χ3v) is 7.36. The second-order valence-electron chi connectivity index (χ2n) is 10.2. The number of fused-ring (bicyclic) bond motifs is 1. The summed E-state index contributed by atoms with van der Waals surface area (Å²) in [6.45, 7) is 4.33. The first kappa shape index (κ1) is 24.2. The first-order chi connectivity index (χ1) is 17.2.